The Morgan fingerprint density at radius 3 is 2.50 bits per heavy atom. The average molecular weight is 337 g/mol. The zero-order chi connectivity index (χ0) is 14.9. The van der Waals surface area contributed by atoms with Gasteiger partial charge in [-0.3, -0.25) is 0 Å². The normalized spacial score (nSPS) is 19.5. The Labute approximate surface area is 138 Å². The predicted octanol–water partition coefficient (Wildman–Crippen LogP) is 2.67. The van der Waals surface area contributed by atoms with E-state index in [1.54, 1.807) is 12.4 Å². The van der Waals surface area contributed by atoms with Gasteiger partial charge < -0.3 is 9.88 Å². The van der Waals surface area contributed by atoms with E-state index in [4.69, 9.17) is 11.6 Å². The first kappa shape index (κ1) is 14.4. The molecule has 1 N–H and O–H groups in total. The molecule has 0 unspecified atom stereocenters. The molecule has 22 heavy (non-hydrogen) atoms. The fraction of sp³-hybridized carbons (Fsp3) is 0.571. The van der Waals surface area contributed by atoms with Crippen molar-refractivity contribution >= 4 is 23.4 Å². The standard InChI is InChI=1S/C14H17ClN6S/c15-10-7-17-13(18-8-10)22-14-20-19-12(21(14)11-1-2-11)9-3-5-16-6-4-9/h7-9,11,16H,1-6H2. The number of nitrogens with zero attached hydrogens (tertiary/aromatic N) is 5. The Balaban J connectivity index is 1.61. The third-order valence-corrected chi connectivity index (χ3v) is 5.14. The molecule has 1 saturated heterocycles. The number of hydrogen-bond donors (Lipinski definition) is 1. The van der Waals surface area contributed by atoms with Gasteiger partial charge in [-0.15, -0.1) is 10.2 Å². The molecule has 3 heterocycles. The summed E-state index contributed by atoms with van der Waals surface area (Å²) in [6, 6.07) is 0.551. The summed E-state index contributed by atoms with van der Waals surface area (Å²) in [4.78, 5) is 8.49. The summed E-state index contributed by atoms with van der Waals surface area (Å²) in [5, 5.41) is 14.4. The van der Waals surface area contributed by atoms with Gasteiger partial charge in [-0.05, 0) is 50.5 Å². The molecular weight excluding hydrogens is 320 g/mol. The van der Waals surface area contributed by atoms with Gasteiger partial charge in [-0.1, -0.05) is 11.6 Å². The van der Waals surface area contributed by atoms with Crippen LogP contribution in [-0.2, 0) is 0 Å². The molecule has 0 spiro atoms. The van der Waals surface area contributed by atoms with Crippen molar-refractivity contribution in [3.05, 3.63) is 23.2 Å². The Kier molecular flexibility index (Phi) is 4.02. The zero-order valence-corrected chi connectivity index (χ0v) is 13.6. The van der Waals surface area contributed by atoms with E-state index in [1.807, 2.05) is 0 Å². The number of aromatic nitrogens is 5. The molecular formula is C14H17ClN6S. The van der Waals surface area contributed by atoms with Crippen LogP contribution in [-0.4, -0.2) is 37.8 Å². The number of hydrogen-bond acceptors (Lipinski definition) is 6. The van der Waals surface area contributed by atoms with Crippen LogP contribution in [0.5, 0.6) is 0 Å². The van der Waals surface area contributed by atoms with Gasteiger partial charge in [0.05, 0.1) is 17.4 Å². The highest BCUT2D eigenvalue weighted by molar-refractivity contribution is 7.99. The monoisotopic (exact) mass is 336 g/mol. The Bertz CT molecular complexity index is 648. The Morgan fingerprint density at radius 2 is 1.82 bits per heavy atom. The summed E-state index contributed by atoms with van der Waals surface area (Å²) >= 11 is 7.31. The lowest BCUT2D eigenvalue weighted by molar-refractivity contribution is 0.426. The smallest absolute Gasteiger partial charge is 0.199 e. The van der Waals surface area contributed by atoms with Crippen molar-refractivity contribution in [2.24, 2.45) is 0 Å². The van der Waals surface area contributed by atoms with Gasteiger partial charge in [-0.2, -0.15) is 0 Å². The van der Waals surface area contributed by atoms with E-state index in [-0.39, 0.29) is 0 Å². The third-order valence-electron chi connectivity index (χ3n) is 4.09. The van der Waals surface area contributed by atoms with Gasteiger partial charge in [0.25, 0.3) is 0 Å². The van der Waals surface area contributed by atoms with Crippen LogP contribution >= 0.6 is 23.4 Å². The van der Waals surface area contributed by atoms with Gasteiger partial charge in [0.15, 0.2) is 10.3 Å². The van der Waals surface area contributed by atoms with Crippen LogP contribution in [0, 0.1) is 0 Å². The molecule has 0 bridgehead atoms. The van der Waals surface area contributed by atoms with E-state index in [1.165, 1.54) is 24.6 Å². The highest BCUT2D eigenvalue weighted by Gasteiger charge is 2.33. The summed E-state index contributed by atoms with van der Waals surface area (Å²) < 4.78 is 2.32. The lowest BCUT2D eigenvalue weighted by Crippen LogP contribution is -2.28. The molecule has 0 aromatic carbocycles. The maximum Gasteiger partial charge on any atom is 0.199 e. The maximum absolute atomic E-state index is 5.84. The molecule has 1 aliphatic heterocycles. The highest BCUT2D eigenvalue weighted by atomic mass is 35.5. The van der Waals surface area contributed by atoms with E-state index in [0.29, 0.717) is 22.1 Å². The van der Waals surface area contributed by atoms with Crippen molar-refractivity contribution < 1.29 is 0 Å². The molecule has 2 aromatic rings. The zero-order valence-electron chi connectivity index (χ0n) is 12.1. The van der Waals surface area contributed by atoms with Crippen molar-refractivity contribution in [3.63, 3.8) is 0 Å². The lowest BCUT2D eigenvalue weighted by atomic mass is 9.97. The number of nitrogens with one attached hydrogen (secondary N) is 1. The minimum atomic E-state index is 0.509. The van der Waals surface area contributed by atoms with Crippen LogP contribution in [0.15, 0.2) is 22.7 Å². The molecule has 0 radical (unpaired) electrons. The second-order valence-corrected chi connectivity index (χ2v) is 7.12. The SMILES string of the molecule is Clc1cnc(Sc2nnc(C3CCNCC3)n2C2CC2)nc1. The summed E-state index contributed by atoms with van der Waals surface area (Å²) in [5.41, 5.74) is 0. The minimum absolute atomic E-state index is 0.509. The van der Waals surface area contributed by atoms with E-state index in [2.05, 4.69) is 30.0 Å². The van der Waals surface area contributed by atoms with Crippen molar-refractivity contribution in [1.29, 1.82) is 0 Å². The third kappa shape index (κ3) is 2.98. The van der Waals surface area contributed by atoms with Crippen molar-refractivity contribution in [3.8, 4) is 0 Å². The minimum Gasteiger partial charge on any atom is -0.317 e. The quantitative estimate of drug-likeness (QED) is 0.866. The fourth-order valence-electron chi connectivity index (χ4n) is 2.83. The summed E-state index contributed by atoms with van der Waals surface area (Å²) in [6.45, 7) is 2.12. The van der Waals surface area contributed by atoms with Crippen molar-refractivity contribution in [2.45, 2.75) is 48.0 Å². The molecule has 0 amide bonds. The average Bonchev–Trinajstić information content (AvgIpc) is 3.31. The molecule has 8 heteroatoms. The van der Waals surface area contributed by atoms with Crippen molar-refractivity contribution in [2.75, 3.05) is 13.1 Å². The molecule has 2 aromatic heterocycles. The van der Waals surface area contributed by atoms with Gasteiger partial charge in [0.1, 0.15) is 5.82 Å². The maximum atomic E-state index is 5.84. The van der Waals surface area contributed by atoms with Crippen LogP contribution in [0.2, 0.25) is 5.02 Å². The molecule has 2 fully saturated rings. The first-order valence-corrected chi connectivity index (χ1v) is 8.81. The van der Waals surface area contributed by atoms with Crippen molar-refractivity contribution in [1.82, 2.24) is 30.0 Å². The molecule has 116 valence electrons. The first-order chi connectivity index (χ1) is 10.8. The topological polar surface area (TPSA) is 68.5 Å². The first-order valence-electron chi connectivity index (χ1n) is 7.62. The number of rotatable bonds is 4. The highest BCUT2D eigenvalue weighted by Crippen LogP contribution is 2.42. The molecule has 6 nitrogen and oxygen atoms in total. The molecule has 2 aliphatic rings. The fourth-order valence-corrected chi connectivity index (χ4v) is 3.72. The molecule has 1 aliphatic carbocycles. The van der Waals surface area contributed by atoms with Crippen LogP contribution in [0.3, 0.4) is 0 Å². The summed E-state index contributed by atoms with van der Waals surface area (Å²) in [6.07, 6.45) is 7.92. The summed E-state index contributed by atoms with van der Waals surface area (Å²) in [7, 11) is 0. The number of halogens is 1. The van der Waals surface area contributed by atoms with Crippen LogP contribution in [0.25, 0.3) is 0 Å². The molecule has 4 rings (SSSR count). The van der Waals surface area contributed by atoms with E-state index in [0.717, 1.165) is 36.9 Å². The Morgan fingerprint density at radius 1 is 1.09 bits per heavy atom. The second-order valence-electron chi connectivity index (χ2n) is 5.75. The van der Waals surface area contributed by atoms with E-state index < -0.39 is 0 Å². The van der Waals surface area contributed by atoms with E-state index in [9.17, 15) is 0 Å². The molecule has 1 saturated carbocycles. The van der Waals surface area contributed by atoms with Gasteiger partial charge >= 0.3 is 0 Å². The van der Waals surface area contributed by atoms with Gasteiger partial charge in [0.2, 0.25) is 0 Å². The van der Waals surface area contributed by atoms with Crippen LogP contribution < -0.4 is 5.32 Å². The lowest BCUT2D eigenvalue weighted by Gasteiger charge is -2.22. The van der Waals surface area contributed by atoms with Crippen LogP contribution in [0.4, 0.5) is 0 Å². The predicted molar refractivity (Wildman–Crippen MR) is 84.3 cm³/mol. The second kappa shape index (κ2) is 6.14. The Hall–Kier alpha value is -1.18. The number of piperidine rings is 1. The largest absolute Gasteiger partial charge is 0.317 e. The van der Waals surface area contributed by atoms with Crippen LogP contribution in [0.1, 0.15) is 43.5 Å². The summed E-state index contributed by atoms with van der Waals surface area (Å²) in [5.74, 6) is 1.65. The van der Waals surface area contributed by atoms with Gasteiger partial charge in [-0.25, -0.2) is 9.97 Å². The molecule has 0 atom stereocenters. The van der Waals surface area contributed by atoms with Gasteiger partial charge in [0, 0.05) is 12.0 Å². The van der Waals surface area contributed by atoms with E-state index >= 15 is 0 Å².